The van der Waals surface area contributed by atoms with Crippen molar-refractivity contribution >= 4 is 39.8 Å². The van der Waals surface area contributed by atoms with Gasteiger partial charge in [0.15, 0.2) is 0 Å². The highest BCUT2D eigenvalue weighted by atomic mass is 32.2. The van der Waals surface area contributed by atoms with Crippen molar-refractivity contribution in [2.24, 2.45) is 9.98 Å². The summed E-state index contributed by atoms with van der Waals surface area (Å²) in [6.45, 7) is 2.57. The first-order valence-electron chi connectivity index (χ1n) is 9.78. The van der Waals surface area contributed by atoms with Gasteiger partial charge in [-0.2, -0.15) is 0 Å². The molecule has 5 nitrogen and oxygen atoms in total. The molecule has 2 heterocycles. The molecule has 2 aromatic carbocycles. The van der Waals surface area contributed by atoms with Crippen LogP contribution in [0.3, 0.4) is 0 Å². The van der Waals surface area contributed by atoms with Crippen LogP contribution in [0.2, 0.25) is 0 Å². The summed E-state index contributed by atoms with van der Waals surface area (Å²) < 4.78 is 0. The number of amides is 1. The third kappa shape index (κ3) is 5.21. The summed E-state index contributed by atoms with van der Waals surface area (Å²) in [5.74, 6) is 0.291. The van der Waals surface area contributed by atoms with E-state index in [2.05, 4.69) is 10.3 Å². The van der Waals surface area contributed by atoms with Gasteiger partial charge in [-0.05, 0) is 36.8 Å². The molecule has 1 N–H and O–H groups in total. The Bertz CT molecular complexity index is 1090. The van der Waals surface area contributed by atoms with Crippen molar-refractivity contribution in [3.05, 3.63) is 89.7 Å². The average molecular weight is 415 g/mol. The van der Waals surface area contributed by atoms with Crippen LogP contribution in [0, 0.1) is 6.92 Å². The Labute approximate surface area is 180 Å². The summed E-state index contributed by atoms with van der Waals surface area (Å²) in [4.78, 5) is 26.4. The van der Waals surface area contributed by atoms with Crippen LogP contribution in [0.1, 0.15) is 23.2 Å². The Hall–Kier alpha value is -3.25. The number of benzene rings is 2. The summed E-state index contributed by atoms with van der Waals surface area (Å²) in [5.41, 5.74) is 5.60. The van der Waals surface area contributed by atoms with E-state index in [-0.39, 0.29) is 5.91 Å². The van der Waals surface area contributed by atoms with Crippen molar-refractivity contribution in [3.8, 4) is 0 Å². The lowest BCUT2D eigenvalue weighted by molar-refractivity contribution is -0.118. The second-order valence-electron chi connectivity index (χ2n) is 7.00. The number of hydrogen-bond donors (Lipinski definition) is 1. The molecule has 1 aliphatic rings. The fourth-order valence-corrected chi connectivity index (χ4v) is 3.83. The van der Waals surface area contributed by atoms with Crippen LogP contribution in [0.25, 0.3) is 0 Å². The first-order chi connectivity index (χ1) is 14.7. The minimum atomic E-state index is -0.0165. The Morgan fingerprint density at radius 2 is 1.70 bits per heavy atom. The van der Waals surface area contributed by atoms with E-state index in [9.17, 15) is 4.79 Å². The van der Waals surface area contributed by atoms with Crippen LogP contribution in [0.5, 0.6) is 0 Å². The van der Waals surface area contributed by atoms with Gasteiger partial charge in [-0.1, -0.05) is 48.0 Å². The van der Waals surface area contributed by atoms with E-state index < -0.39 is 0 Å². The minimum Gasteiger partial charge on any atom is -0.351 e. The molecule has 0 fully saturated rings. The number of para-hydroxylation sites is 2. The monoisotopic (exact) mass is 414 g/mol. The van der Waals surface area contributed by atoms with Gasteiger partial charge in [-0.3, -0.25) is 9.78 Å². The van der Waals surface area contributed by atoms with Crippen molar-refractivity contribution in [1.29, 1.82) is 0 Å². The fourth-order valence-electron chi connectivity index (χ4n) is 3.03. The quantitative estimate of drug-likeness (QED) is 0.639. The van der Waals surface area contributed by atoms with Gasteiger partial charge in [-0.15, -0.1) is 11.8 Å². The lowest BCUT2D eigenvalue weighted by atomic mass is 10.1. The predicted molar refractivity (Wildman–Crippen MR) is 124 cm³/mol. The normalized spacial score (nSPS) is 13.0. The number of carbonyl (C=O) groups excluding carboxylic acids is 1. The molecule has 1 aromatic heterocycles. The Morgan fingerprint density at radius 1 is 0.967 bits per heavy atom. The molecular weight excluding hydrogens is 392 g/mol. The maximum Gasteiger partial charge on any atom is 0.230 e. The topological polar surface area (TPSA) is 66.7 Å². The van der Waals surface area contributed by atoms with Crippen molar-refractivity contribution in [3.63, 3.8) is 0 Å². The van der Waals surface area contributed by atoms with Crippen molar-refractivity contribution in [1.82, 2.24) is 10.3 Å². The van der Waals surface area contributed by atoms with Crippen LogP contribution >= 0.6 is 11.8 Å². The Morgan fingerprint density at radius 3 is 2.43 bits per heavy atom. The summed E-state index contributed by atoms with van der Waals surface area (Å²) >= 11 is 1.45. The van der Waals surface area contributed by atoms with Crippen molar-refractivity contribution in [2.45, 2.75) is 19.9 Å². The molecule has 150 valence electrons. The highest BCUT2D eigenvalue weighted by Gasteiger charge is 2.17. The van der Waals surface area contributed by atoms with Crippen molar-refractivity contribution in [2.75, 3.05) is 5.75 Å². The maximum atomic E-state index is 12.4. The molecule has 0 bridgehead atoms. The Balaban J connectivity index is 1.44. The second-order valence-corrected chi connectivity index (χ2v) is 8.04. The standard InChI is InChI=1S/C24H22N4OS/c1-17-9-11-18(12-10-17)15-26-23(29)16-30-24-14-22(19-6-4-5-13-25-19)27-20-7-2-3-8-21(20)28-24/h2-13H,14-16H2,1H3,(H,26,29). The van der Waals surface area contributed by atoms with Gasteiger partial charge >= 0.3 is 0 Å². The number of fused-ring (bicyclic) bond motifs is 1. The third-order valence-electron chi connectivity index (χ3n) is 4.64. The number of aryl methyl sites for hydroxylation is 1. The number of aliphatic imine (C=N–C) groups is 2. The molecule has 0 saturated heterocycles. The number of carbonyl (C=O) groups is 1. The van der Waals surface area contributed by atoms with Gasteiger partial charge in [0.05, 0.1) is 33.6 Å². The lowest BCUT2D eigenvalue weighted by Crippen LogP contribution is -2.25. The molecule has 0 radical (unpaired) electrons. The number of nitrogens with one attached hydrogen (secondary N) is 1. The molecule has 0 saturated carbocycles. The zero-order chi connectivity index (χ0) is 20.8. The molecule has 4 rings (SSSR count). The van der Waals surface area contributed by atoms with Gasteiger partial charge in [0, 0.05) is 19.2 Å². The summed E-state index contributed by atoms with van der Waals surface area (Å²) in [5, 5.41) is 3.83. The Kier molecular flexibility index (Phi) is 6.35. The molecular formula is C24H22N4OS. The first-order valence-corrected chi connectivity index (χ1v) is 10.8. The summed E-state index contributed by atoms with van der Waals surface area (Å²) in [6.07, 6.45) is 2.30. The smallest absolute Gasteiger partial charge is 0.230 e. The zero-order valence-corrected chi connectivity index (χ0v) is 17.5. The lowest BCUT2D eigenvalue weighted by Gasteiger charge is -2.08. The number of nitrogens with zero attached hydrogens (tertiary/aromatic N) is 3. The van der Waals surface area contributed by atoms with E-state index in [1.54, 1.807) is 6.20 Å². The summed E-state index contributed by atoms with van der Waals surface area (Å²) in [7, 11) is 0. The number of thioether (sulfide) groups is 1. The van der Waals surface area contributed by atoms with Crippen LogP contribution in [-0.4, -0.2) is 27.4 Å². The van der Waals surface area contributed by atoms with E-state index in [4.69, 9.17) is 9.98 Å². The maximum absolute atomic E-state index is 12.4. The van der Waals surface area contributed by atoms with Crippen LogP contribution in [-0.2, 0) is 11.3 Å². The predicted octanol–water partition coefficient (Wildman–Crippen LogP) is 4.99. The second kappa shape index (κ2) is 9.50. The third-order valence-corrected chi connectivity index (χ3v) is 5.62. The van der Waals surface area contributed by atoms with Gasteiger partial charge < -0.3 is 5.32 Å². The summed E-state index contributed by atoms with van der Waals surface area (Å²) in [6, 6.07) is 21.7. The van der Waals surface area contributed by atoms with E-state index in [1.165, 1.54) is 17.3 Å². The van der Waals surface area contributed by atoms with E-state index in [1.807, 2.05) is 73.7 Å². The van der Waals surface area contributed by atoms with Gasteiger partial charge in [0.2, 0.25) is 5.91 Å². The van der Waals surface area contributed by atoms with Gasteiger partial charge in [0.1, 0.15) is 0 Å². The van der Waals surface area contributed by atoms with Gasteiger partial charge in [-0.25, -0.2) is 9.98 Å². The highest BCUT2D eigenvalue weighted by molar-refractivity contribution is 8.14. The van der Waals surface area contributed by atoms with E-state index in [0.717, 1.165) is 33.4 Å². The van der Waals surface area contributed by atoms with Crippen LogP contribution in [0.4, 0.5) is 11.4 Å². The van der Waals surface area contributed by atoms with Crippen LogP contribution in [0.15, 0.2) is 82.9 Å². The van der Waals surface area contributed by atoms with E-state index >= 15 is 0 Å². The number of rotatable bonds is 5. The molecule has 1 amide bonds. The first kappa shape index (κ1) is 20.0. The molecule has 3 aromatic rings. The SMILES string of the molecule is Cc1ccc(CNC(=O)CSC2=Nc3ccccc3N=C(c3ccccn3)C2)cc1. The largest absolute Gasteiger partial charge is 0.351 e. The molecule has 0 aliphatic carbocycles. The number of pyridine rings is 1. The molecule has 30 heavy (non-hydrogen) atoms. The molecule has 0 atom stereocenters. The van der Waals surface area contributed by atoms with Crippen molar-refractivity contribution < 1.29 is 4.79 Å². The number of aromatic nitrogens is 1. The highest BCUT2D eigenvalue weighted by Crippen LogP contribution is 2.33. The minimum absolute atomic E-state index is 0.0165. The number of hydrogen-bond acceptors (Lipinski definition) is 5. The molecule has 6 heteroatoms. The molecule has 1 aliphatic heterocycles. The average Bonchev–Trinajstić information content (AvgIpc) is 2.97. The molecule has 0 unspecified atom stereocenters. The fraction of sp³-hybridized carbons (Fsp3) is 0.167. The van der Waals surface area contributed by atoms with E-state index in [0.29, 0.717) is 18.7 Å². The molecule has 0 spiro atoms. The zero-order valence-electron chi connectivity index (χ0n) is 16.7. The van der Waals surface area contributed by atoms with Gasteiger partial charge in [0.25, 0.3) is 0 Å². The van der Waals surface area contributed by atoms with Crippen LogP contribution < -0.4 is 5.32 Å².